The lowest BCUT2D eigenvalue weighted by molar-refractivity contribution is -0.0512. The molecule has 0 aliphatic rings. The number of para-hydroxylation sites is 1. The van der Waals surface area contributed by atoms with Crippen LogP contribution in [0.5, 0.6) is 11.5 Å². The maximum Gasteiger partial charge on any atom is 0.387 e. The lowest BCUT2D eigenvalue weighted by atomic mass is 10.00. The van der Waals surface area contributed by atoms with Gasteiger partial charge in [-0.2, -0.15) is 8.78 Å². The number of rotatable bonds is 5. The zero-order valence-corrected chi connectivity index (χ0v) is 11.1. The van der Waals surface area contributed by atoms with Crippen LogP contribution in [0.25, 0.3) is 0 Å². The summed E-state index contributed by atoms with van der Waals surface area (Å²) in [5.41, 5.74) is 0.00276. The Labute approximate surface area is 119 Å². The lowest BCUT2D eigenvalue weighted by Crippen LogP contribution is -2.09. The van der Waals surface area contributed by atoms with Crippen LogP contribution in [0, 0.1) is 5.82 Å². The van der Waals surface area contributed by atoms with Crippen LogP contribution in [0.4, 0.5) is 13.2 Å². The fraction of sp³-hybridized carbons (Fsp3) is 0.200. The summed E-state index contributed by atoms with van der Waals surface area (Å²) >= 11 is 0. The summed E-state index contributed by atoms with van der Waals surface area (Å²) in [6, 6.07) is 9.61. The van der Waals surface area contributed by atoms with E-state index in [1.54, 1.807) is 0 Å². The van der Waals surface area contributed by atoms with Gasteiger partial charge in [0.15, 0.2) is 0 Å². The van der Waals surface area contributed by atoms with Crippen molar-refractivity contribution in [2.24, 2.45) is 0 Å². The Morgan fingerprint density at radius 3 is 2.38 bits per heavy atom. The predicted octanol–water partition coefficient (Wildman–Crippen LogP) is 3.52. The van der Waals surface area contributed by atoms with Gasteiger partial charge in [0.2, 0.25) is 0 Å². The van der Waals surface area contributed by atoms with E-state index in [2.05, 4.69) is 4.74 Å². The molecule has 1 unspecified atom stereocenters. The van der Waals surface area contributed by atoms with Crippen LogP contribution in [0.3, 0.4) is 0 Å². The monoisotopic (exact) mass is 298 g/mol. The Hall–Kier alpha value is -2.21. The highest BCUT2D eigenvalue weighted by atomic mass is 19.3. The minimum Gasteiger partial charge on any atom is -0.497 e. The van der Waals surface area contributed by atoms with Crippen molar-refractivity contribution in [1.29, 1.82) is 0 Å². The van der Waals surface area contributed by atoms with Gasteiger partial charge in [0.05, 0.1) is 7.11 Å². The van der Waals surface area contributed by atoms with Crippen molar-refractivity contribution >= 4 is 0 Å². The van der Waals surface area contributed by atoms with Gasteiger partial charge in [-0.05, 0) is 18.2 Å². The van der Waals surface area contributed by atoms with E-state index in [-0.39, 0.29) is 16.9 Å². The average Bonchev–Trinajstić information content (AvgIpc) is 2.46. The van der Waals surface area contributed by atoms with Crippen molar-refractivity contribution in [2.45, 2.75) is 12.7 Å². The molecule has 112 valence electrons. The number of halogens is 3. The second kappa shape index (κ2) is 6.49. The molecule has 0 heterocycles. The summed E-state index contributed by atoms with van der Waals surface area (Å²) < 4.78 is 47.8. The van der Waals surface area contributed by atoms with Crippen LogP contribution in [-0.2, 0) is 0 Å². The largest absolute Gasteiger partial charge is 0.497 e. The molecule has 21 heavy (non-hydrogen) atoms. The van der Waals surface area contributed by atoms with Crippen LogP contribution >= 0.6 is 0 Å². The molecule has 2 rings (SSSR count). The maximum atomic E-state index is 13.9. The molecule has 0 saturated carbocycles. The number of methoxy groups -OCH3 is 1. The minimum absolute atomic E-state index is 0.0545. The quantitative estimate of drug-likeness (QED) is 0.918. The van der Waals surface area contributed by atoms with Gasteiger partial charge >= 0.3 is 6.61 Å². The highest BCUT2D eigenvalue weighted by Gasteiger charge is 2.20. The van der Waals surface area contributed by atoms with E-state index in [1.807, 2.05) is 0 Å². The van der Waals surface area contributed by atoms with E-state index in [1.165, 1.54) is 43.5 Å². The van der Waals surface area contributed by atoms with Crippen LogP contribution in [-0.4, -0.2) is 18.8 Å². The smallest absolute Gasteiger partial charge is 0.387 e. The zero-order chi connectivity index (χ0) is 15.4. The van der Waals surface area contributed by atoms with Gasteiger partial charge in [-0.15, -0.1) is 0 Å². The van der Waals surface area contributed by atoms with E-state index in [9.17, 15) is 18.3 Å². The van der Waals surface area contributed by atoms with E-state index in [0.29, 0.717) is 5.75 Å². The highest BCUT2D eigenvalue weighted by molar-refractivity contribution is 5.42. The summed E-state index contributed by atoms with van der Waals surface area (Å²) in [5, 5.41) is 10.2. The van der Waals surface area contributed by atoms with Gasteiger partial charge in [0, 0.05) is 17.2 Å². The molecule has 0 spiro atoms. The fourth-order valence-electron chi connectivity index (χ4n) is 1.93. The van der Waals surface area contributed by atoms with E-state index in [0.717, 1.165) is 6.07 Å². The molecule has 1 N–H and O–H groups in total. The molecule has 3 nitrogen and oxygen atoms in total. The molecule has 0 radical (unpaired) electrons. The Bertz CT molecular complexity index is 617. The third-order valence-electron chi connectivity index (χ3n) is 2.93. The molecule has 2 aromatic rings. The van der Waals surface area contributed by atoms with Gasteiger partial charge in [-0.3, -0.25) is 0 Å². The summed E-state index contributed by atoms with van der Waals surface area (Å²) in [4.78, 5) is 0. The fourth-order valence-corrected chi connectivity index (χ4v) is 1.93. The lowest BCUT2D eigenvalue weighted by Gasteiger charge is -2.17. The molecular weight excluding hydrogens is 285 g/mol. The minimum atomic E-state index is -3.03. The van der Waals surface area contributed by atoms with Gasteiger partial charge in [-0.1, -0.05) is 18.2 Å². The summed E-state index contributed by atoms with van der Waals surface area (Å²) in [6.07, 6.45) is -1.43. The molecule has 2 aromatic carbocycles. The number of ether oxygens (including phenoxy) is 2. The van der Waals surface area contributed by atoms with Crippen molar-refractivity contribution in [3.63, 3.8) is 0 Å². The predicted molar refractivity (Wildman–Crippen MR) is 70.1 cm³/mol. The molecule has 0 aliphatic carbocycles. The SMILES string of the molecule is COc1ccc(C(O)c2ccccc2OC(F)F)c(F)c1. The third kappa shape index (κ3) is 3.46. The van der Waals surface area contributed by atoms with E-state index < -0.39 is 18.5 Å². The summed E-state index contributed by atoms with van der Waals surface area (Å²) in [7, 11) is 1.39. The number of benzene rings is 2. The molecule has 0 amide bonds. The molecule has 0 aliphatic heterocycles. The van der Waals surface area contributed by atoms with E-state index >= 15 is 0 Å². The standard InChI is InChI=1S/C15H13F3O3/c1-20-9-6-7-10(12(16)8-9)14(19)11-4-2-3-5-13(11)21-15(17)18/h2-8,14-15,19H,1H3. The van der Waals surface area contributed by atoms with Crippen molar-refractivity contribution in [3.05, 3.63) is 59.4 Å². The Morgan fingerprint density at radius 1 is 1.05 bits per heavy atom. The summed E-state index contributed by atoms with van der Waals surface area (Å²) in [5.74, 6) is -0.607. The zero-order valence-electron chi connectivity index (χ0n) is 11.1. The first kappa shape index (κ1) is 15.2. The first-order valence-electron chi connectivity index (χ1n) is 6.08. The first-order chi connectivity index (χ1) is 10.0. The van der Waals surface area contributed by atoms with Gasteiger partial charge in [0.25, 0.3) is 0 Å². The average molecular weight is 298 g/mol. The van der Waals surface area contributed by atoms with Crippen LogP contribution in [0.2, 0.25) is 0 Å². The van der Waals surface area contributed by atoms with Crippen molar-refractivity contribution < 1.29 is 27.8 Å². The number of hydrogen-bond acceptors (Lipinski definition) is 3. The molecule has 0 saturated heterocycles. The van der Waals surface area contributed by atoms with Gasteiger partial charge in [0.1, 0.15) is 23.4 Å². The Balaban J connectivity index is 2.38. The molecular formula is C15H13F3O3. The number of hydrogen-bond donors (Lipinski definition) is 1. The van der Waals surface area contributed by atoms with Crippen LogP contribution in [0.15, 0.2) is 42.5 Å². The van der Waals surface area contributed by atoms with Gasteiger partial charge < -0.3 is 14.6 Å². The first-order valence-corrected chi connectivity index (χ1v) is 6.08. The topological polar surface area (TPSA) is 38.7 Å². The molecule has 0 bridgehead atoms. The van der Waals surface area contributed by atoms with E-state index in [4.69, 9.17) is 4.74 Å². The normalized spacial score (nSPS) is 12.3. The third-order valence-corrected chi connectivity index (χ3v) is 2.93. The summed E-state index contributed by atoms with van der Waals surface area (Å²) in [6.45, 7) is -3.03. The van der Waals surface area contributed by atoms with Crippen LogP contribution < -0.4 is 9.47 Å². The molecule has 0 aromatic heterocycles. The van der Waals surface area contributed by atoms with Gasteiger partial charge in [-0.25, -0.2) is 4.39 Å². The Morgan fingerprint density at radius 2 is 1.76 bits per heavy atom. The molecule has 6 heteroatoms. The van der Waals surface area contributed by atoms with Crippen molar-refractivity contribution in [1.82, 2.24) is 0 Å². The molecule has 0 fully saturated rings. The van der Waals surface area contributed by atoms with Crippen LogP contribution in [0.1, 0.15) is 17.2 Å². The number of aliphatic hydroxyl groups is 1. The number of aliphatic hydroxyl groups excluding tert-OH is 1. The molecule has 1 atom stereocenters. The highest BCUT2D eigenvalue weighted by Crippen LogP contribution is 2.33. The van der Waals surface area contributed by atoms with Crippen molar-refractivity contribution in [3.8, 4) is 11.5 Å². The second-order valence-corrected chi connectivity index (χ2v) is 4.21. The second-order valence-electron chi connectivity index (χ2n) is 4.21. The Kier molecular flexibility index (Phi) is 4.70. The number of alkyl halides is 2. The maximum absolute atomic E-state index is 13.9. The van der Waals surface area contributed by atoms with Crippen molar-refractivity contribution in [2.75, 3.05) is 7.11 Å².